The van der Waals surface area contributed by atoms with Crippen molar-refractivity contribution in [2.75, 3.05) is 40.9 Å². The molecule has 0 aliphatic rings. The second-order valence-electron chi connectivity index (χ2n) is 22.4. The van der Waals surface area contributed by atoms with E-state index in [0.29, 0.717) is 17.4 Å². The fourth-order valence-electron chi connectivity index (χ4n) is 9.15. The number of hydrogen-bond acceptors (Lipinski definition) is 5. The molecule has 8 nitrogen and oxygen atoms in total. The molecule has 0 heterocycles. The molecule has 424 valence electrons. The Morgan fingerprint density at radius 2 is 0.806 bits per heavy atom. The first-order valence-electron chi connectivity index (χ1n) is 31.0. The first-order valence-corrected chi connectivity index (χ1v) is 32.5. The monoisotopic (exact) mass is 1030 g/mol. The fourth-order valence-corrected chi connectivity index (χ4v) is 9.89. The van der Waals surface area contributed by atoms with Crippen LogP contribution in [0.1, 0.15) is 296 Å². The highest BCUT2D eigenvalue weighted by molar-refractivity contribution is 7.47. The molecule has 0 aromatic carbocycles. The zero-order valence-corrected chi connectivity index (χ0v) is 49.3. The zero-order chi connectivity index (χ0) is 52.7. The number of aliphatic hydroxyl groups is 1. The van der Waals surface area contributed by atoms with Crippen LogP contribution in [0, 0.1) is 0 Å². The van der Waals surface area contributed by atoms with Crippen molar-refractivity contribution >= 4 is 13.7 Å². The molecule has 0 aromatic heterocycles. The number of unbranched alkanes of at least 4 members (excludes halogenated alkanes) is 38. The second-order valence-corrected chi connectivity index (χ2v) is 23.9. The maximum atomic E-state index is 13.0. The Bertz CT molecular complexity index is 1310. The SMILES string of the molecule is CCCCCCC/C=C\C/C=C\CCCCCCCCCCCCCCCCCC(=O)NC(COP(=O)(O)OCC[N+](C)(C)C)C(O)/C=C/CC/C=C/CCCCCCCCCCCCCCCCCCC. The molecule has 0 rings (SSSR count). The van der Waals surface area contributed by atoms with Gasteiger partial charge in [0.1, 0.15) is 13.2 Å². The summed E-state index contributed by atoms with van der Waals surface area (Å²) in [7, 11) is 1.56. The van der Waals surface area contributed by atoms with Crippen LogP contribution in [0.25, 0.3) is 0 Å². The number of quaternary nitrogens is 1. The standard InChI is InChI=1S/C63H121N2O6P/c1-6-8-10-12-14-16-18-20-22-24-26-28-30-31-32-33-35-37-39-41-43-45-47-49-51-53-55-57-63(67)64-61(60-71-72(68,69)70-59-58-65(3,4)5)62(66)56-54-52-50-48-46-44-42-40-38-36-34-29-27-25-23-21-19-17-15-13-11-9-7-2/h18,20,24,26,46,48,54,56,61-62,66H,6-17,19,21-23,25,27-45,47,49-53,55,57-60H2,1-5H3,(H-,64,67,68,69)/p+1/b20-18-,26-24-,48-46+,56-54+. The summed E-state index contributed by atoms with van der Waals surface area (Å²) >= 11 is 0. The summed E-state index contributed by atoms with van der Waals surface area (Å²) in [6, 6.07) is -0.865. The molecule has 3 unspecified atom stereocenters. The number of amides is 1. The Morgan fingerprint density at radius 3 is 1.19 bits per heavy atom. The Hall–Kier alpha value is -1.54. The van der Waals surface area contributed by atoms with Gasteiger partial charge >= 0.3 is 7.82 Å². The lowest BCUT2D eigenvalue weighted by atomic mass is 10.0. The van der Waals surface area contributed by atoms with Crippen molar-refractivity contribution in [3.63, 3.8) is 0 Å². The van der Waals surface area contributed by atoms with Crippen molar-refractivity contribution in [3.05, 3.63) is 48.6 Å². The van der Waals surface area contributed by atoms with Gasteiger partial charge < -0.3 is 19.8 Å². The minimum Gasteiger partial charge on any atom is -0.387 e. The van der Waals surface area contributed by atoms with Crippen LogP contribution < -0.4 is 5.32 Å². The molecule has 0 aliphatic heterocycles. The zero-order valence-electron chi connectivity index (χ0n) is 48.4. The topological polar surface area (TPSA) is 105 Å². The normalized spacial score (nSPS) is 14.2. The Balaban J connectivity index is 4.18. The number of nitrogens with one attached hydrogen (secondary N) is 1. The second kappa shape index (κ2) is 54.3. The predicted octanol–water partition coefficient (Wildman–Crippen LogP) is 19.1. The lowest BCUT2D eigenvalue weighted by Crippen LogP contribution is -2.45. The number of carbonyl (C=O) groups is 1. The molecular weight excluding hydrogens is 912 g/mol. The number of aliphatic hydroxyl groups excluding tert-OH is 1. The molecule has 0 saturated heterocycles. The van der Waals surface area contributed by atoms with E-state index in [1.807, 2.05) is 27.2 Å². The van der Waals surface area contributed by atoms with E-state index in [-0.39, 0.29) is 19.1 Å². The first-order chi connectivity index (χ1) is 35.0. The maximum Gasteiger partial charge on any atom is 0.472 e. The minimum atomic E-state index is -4.36. The molecule has 72 heavy (non-hydrogen) atoms. The quantitative estimate of drug-likeness (QED) is 0.0243. The number of carbonyl (C=O) groups excluding carboxylic acids is 1. The van der Waals surface area contributed by atoms with Crippen molar-refractivity contribution in [1.29, 1.82) is 0 Å². The van der Waals surface area contributed by atoms with Gasteiger partial charge in [0, 0.05) is 6.42 Å². The molecule has 0 aliphatic carbocycles. The number of phosphoric acid groups is 1. The summed E-state index contributed by atoms with van der Waals surface area (Å²) < 4.78 is 23.7. The molecular formula is C63H122N2O6P+. The number of hydrogen-bond donors (Lipinski definition) is 3. The Labute approximate surface area is 448 Å². The number of likely N-dealkylation sites (N-methyl/N-ethyl adjacent to an activating group) is 1. The van der Waals surface area contributed by atoms with Gasteiger partial charge in [-0.1, -0.05) is 274 Å². The highest BCUT2D eigenvalue weighted by Gasteiger charge is 2.27. The van der Waals surface area contributed by atoms with Crippen molar-refractivity contribution < 1.29 is 32.9 Å². The van der Waals surface area contributed by atoms with Crippen LogP contribution >= 0.6 is 7.82 Å². The van der Waals surface area contributed by atoms with Crippen molar-refractivity contribution in [2.45, 2.75) is 309 Å². The van der Waals surface area contributed by atoms with Gasteiger partial charge in [-0.2, -0.15) is 0 Å². The summed E-state index contributed by atoms with van der Waals surface area (Å²) in [6.07, 6.45) is 72.3. The van der Waals surface area contributed by atoms with Crippen LogP contribution in [0.3, 0.4) is 0 Å². The predicted molar refractivity (Wildman–Crippen MR) is 314 cm³/mol. The van der Waals surface area contributed by atoms with Crippen molar-refractivity contribution in [1.82, 2.24) is 5.32 Å². The van der Waals surface area contributed by atoms with Gasteiger partial charge in [0.05, 0.1) is 39.9 Å². The highest BCUT2D eigenvalue weighted by Crippen LogP contribution is 2.43. The summed E-state index contributed by atoms with van der Waals surface area (Å²) in [6.45, 7) is 4.82. The van der Waals surface area contributed by atoms with Gasteiger partial charge in [0.2, 0.25) is 5.91 Å². The van der Waals surface area contributed by atoms with Crippen LogP contribution in [0.2, 0.25) is 0 Å². The third-order valence-electron chi connectivity index (χ3n) is 14.0. The van der Waals surface area contributed by atoms with Gasteiger partial charge in [-0.15, -0.1) is 0 Å². The molecule has 3 N–H and O–H groups in total. The van der Waals surface area contributed by atoms with Crippen molar-refractivity contribution in [3.8, 4) is 0 Å². The molecule has 0 fully saturated rings. The lowest BCUT2D eigenvalue weighted by molar-refractivity contribution is -0.870. The van der Waals surface area contributed by atoms with Gasteiger partial charge in [-0.05, 0) is 64.2 Å². The molecule has 0 saturated carbocycles. The lowest BCUT2D eigenvalue weighted by Gasteiger charge is -2.25. The third-order valence-corrected chi connectivity index (χ3v) is 15.0. The first kappa shape index (κ1) is 70.5. The largest absolute Gasteiger partial charge is 0.472 e. The van der Waals surface area contributed by atoms with E-state index in [1.54, 1.807) is 6.08 Å². The van der Waals surface area contributed by atoms with E-state index in [2.05, 4.69) is 55.6 Å². The van der Waals surface area contributed by atoms with E-state index < -0.39 is 20.0 Å². The van der Waals surface area contributed by atoms with Gasteiger partial charge in [-0.3, -0.25) is 13.8 Å². The molecule has 0 aromatic rings. The van der Waals surface area contributed by atoms with Crippen LogP contribution in [0.15, 0.2) is 48.6 Å². The smallest absolute Gasteiger partial charge is 0.387 e. The molecule has 0 bridgehead atoms. The summed E-state index contributed by atoms with van der Waals surface area (Å²) in [5.74, 6) is -0.184. The van der Waals surface area contributed by atoms with Gasteiger partial charge in [0.25, 0.3) is 0 Å². The average Bonchev–Trinajstić information content (AvgIpc) is 3.34. The molecule has 3 atom stereocenters. The Kier molecular flexibility index (Phi) is 53.1. The van der Waals surface area contributed by atoms with E-state index in [1.165, 1.54) is 231 Å². The number of nitrogens with zero attached hydrogens (tertiary/aromatic N) is 1. The molecule has 0 spiro atoms. The van der Waals surface area contributed by atoms with Crippen LogP contribution in [-0.2, 0) is 18.4 Å². The Morgan fingerprint density at radius 1 is 0.472 bits per heavy atom. The van der Waals surface area contributed by atoms with Gasteiger partial charge in [-0.25, -0.2) is 4.57 Å². The van der Waals surface area contributed by atoms with Crippen LogP contribution in [-0.4, -0.2) is 73.4 Å². The number of phosphoric ester groups is 1. The van der Waals surface area contributed by atoms with Crippen LogP contribution in [0.5, 0.6) is 0 Å². The van der Waals surface area contributed by atoms with E-state index in [0.717, 1.165) is 44.9 Å². The fraction of sp³-hybridized carbons (Fsp3) is 0.857. The molecule has 0 radical (unpaired) electrons. The molecule has 9 heteroatoms. The molecule has 1 amide bonds. The van der Waals surface area contributed by atoms with Crippen molar-refractivity contribution in [2.24, 2.45) is 0 Å². The third kappa shape index (κ3) is 56.2. The van der Waals surface area contributed by atoms with E-state index in [9.17, 15) is 19.4 Å². The highest BCUT2D eigenvalue weighted by atomic mass is 31.2. The number of rotatable bonds is 57. The number of allylic oxidation sites excluding steroid dienone is 7. The summed E-state index contributed by atoms with van der Waals surface area (Å²) in [5, 5.41) is 13.9. The van der Waals surface area contributed by atoms with Crippen LogP contribution in [0.4, 0.5) is 0 Å². The van der Waals surface area contributed by atoms with E-state index in [4.69, 9.17) is 9.05 Å². The summed E-state index contributed by atoms with van der Waals surface area (Å²) in [4.78, 5) is 23.3. The minimum absolute atomic E-state index is 0.0564. The van der Waals surface area contributed by atoms with E-state index >= 15 is 0 Å². The van der Waals surface area contributed by atoms with Gasteiger partial charge in [0.15, 0.2) is 0 Å². The maximum absolute atomic E-state index is 13.0. The summed E-state index contributed by atoms with van der Waals surface area (Å²) in [5.41, 5.74) is 0. The average molecular weight is 1030 g/mol.